The van der Waals surface area contributed by atoms with Gasteiger partial charge in [-0.2, -0.15) is 0 Å². The fourth-order valence-electron chi connectivity index (χ4n) is 1.61. The molecule has 0 amide bonds. The number of carbonyl (C=O) groups is 1. The zero-order valence-electron chi connectivity index (χ0n) is 8.16. The van der Waals surface area contributed by atoms with Crippen LogP contribution in [0, 0.1) is 0 Å². The summed E-state index contributed by atoms with van der Waals surface area (Å²) in [7, 11) is 0. The lowest BCUT2D eigenvalue weighted by Gasteiger charge is -2.14. The van der Waals surface area contributed by atoms with Crippen molar-refractivity contribution in [3.8, 4) is 0 Å². The molecule has 3 heteroatoms. The summed E-state index contributed by atoms with van der Waals surface area (Å²) >= 11 is 0. The number of cyclic esters (lactones) is 1. The molecule has 76 valence electrons. The van der Waals surface area contributed by atoms with Crippen LogP contribution in [-0.4, -0.2) is 23.3 Å². The van der Waals surface area contributed by atoms with E-state index in [1.807, 2.05) is 0 Å². The number of aliphatic hydroxyl groups is 1. The van der Waals surface area contributed by atoms with Crippen LogP contribution in [-0.2, 0) is 9.53 Å². The lowest BCUT2D eigenvalue weighted by atomic mass is 10.0. The second-order valence-electron chi connectivity index (χ2n) is 3.68. The average Bonchev–Trinajstić information content (AvgIpc) is 2.48. The zero-order valence-corrected chi connectivity index (χ0v) is 8.16. The fraction of sp³-hybridized carbons (Fsp3) is 0.900. The van der Waals surface area contributed by atoms with E-state index in [4.69, 9.17) is 4.74 Å². The molecular formula is C10H18O3. The second kappa shape index (κ2) is 5.22. The summed E-state index contributed by atoms with van der Waals surface area (Å²) in [5, 5.41) is 9.54. The molecule has 0 radical (unpaired) electrons. The van der Waals surface area contributed by atoms with E-state index in [-0.39, 0.29) is 18.2 Å². The number of unbranched alkanes of at least 4 members (excludes halogenated alkanes) is 1. The molecule has 1 aliphatic heterocycles. The van der Waals surface area contributed by atoms with Crippen LogP contribution in [0.5, 0.6) is 0 Å². The summed E-state index contributed by atoms with van der Waals surface area (Å²) < 4.78 is 5.01. The van der Waals surface area contributed by atoms with Gasteiger partial charge in [0, 0.05) is 12.8 Å². The highest BCUT2D eigenvalue weighted by molar-refractivity contribution is 5.71. The van der Waals surface area contributed by atoms with Crippen molar-refractivity contribution < 1.29 is 14.6 Å². The monoisotopic (exact) mass is 186 g/mol. The summed E-state index contributed by atoms with van der Waals surface area (Å²) in [6, 6.07) is 0. The number of carbonyl (C=O) groups excluding carboxylic acids is 1. The number of esters is 1. The first-order valence-corrected chi connectivity index (χ1v) is 5.10. The number of aliphatic hydroxyl groups excluding tert-OH is 1. The highest BCUT2D eigenvalue weighted by atomic mass is 16.5. The molecule has 1 rings (SSSR count). The van der Waals surface area contributed by atoms with Crippen molar-refractivity contribution in [2.75, 3.05) is 0 Å². The Morgan fingerprint density at radius 2 is 2.46 bits per heavy atom. The zero-order chi connectivity index (χ0) is 9.68. The number of ether oxygens (including phenoxy) is 1. The van der Waals surface area contributed by atoms with E-state index in [0.29, 0.717) is 12.8 Å². The number of hydrogen-bond acceptors (Lipinski definition) is 3. The van der Waals surface area contributed by atoms with E-state index < -0.39 is 0 Å². The van der Waals surface area contributed by atoms with Crippen LogP contribution in [0.25, 0.3) is 0 Å². The molecule has 1 heterocycles. The van der Waals surface area contributed by atoms with Crippen molar-refractivity contribution in [2.45, 2.75) is 57.7 Å². The predicted octanol–water partition coefficient (Wildman–Crippen LogP) is 1.63. The Kier molecular flexibility index (Phi) is 4.22. The first-order valence-electron chi connectivity index (χ1n) is 5.10. The molecule has 1 saturated heterocycles. The molecule has 2 atom stereocenters. The Hall–Kier alpha value is -0.570. The van der Waals surface area contributed by atoms with Gasteiger partial charge < -0.3 is 9.84 Å². The Morgan fingerprint density at radius 1 is 1.69 bits per heavy atom. The van der Waals surface area contributed by atoms with E-state index in [9.17, 15) is 9.90 Å². The summed E-state index contributed by atoms with van der Waals surface area (Å²) in [6.45, 7) is 2.10. The highest BCUT2D eigenvalue weighted by Gasteiger charge is 2.25. The minimum Gasteiger partial charge on any atom is -0.462 e. The molecule has 3 nitrogen and oxygen atoms in total. The van der Waals surface area contributed by atoms with Crippen molar-refractivity contribution in [1.82, 2.24) is 0 Å². The molecule has 13 heavy (non-hydrogen) atoms. The van der Waals surface area contributed by atoms with Crippen LogP contribution in [0.4, 0.5) is 0 Å². The van der Waals surface area contributed by atoms with Gasteiger partial charge in [-0.05, 0) is 12.8 Å². The summed E-state index contributed by atoms with van der Waals surface area (Å²) in [5.41, 5.74) is 0. The van der Waals surface area contributed by atoms with Crippen LogP contribution >= 0.6 is 0 Å². The van der Waals surface area contributed by atoms with Gasteiger partial charge in [0.15, 0.2) is 0 Å². The Labute approximate surface area is 79.1 Å². The third kappa shape index (κ3) is 3.77. The van der Waals surface area contributed by atoms with Gasteiger partial charge in [0.1, 0.15) is 6.10 Å². The molecule has 0 aromatic rings. The summed E-state index contributed by atoms with van der Waals surface area (Å²) in [5.74, 6) is -0.118. The molecule has 1 fully saturated rings. The van der Waals surface area contributed by atoms with Crippen LogP contribution in [0.3, 0.4) is 0 Å². The van der Waals surface area contributed by atoms with Gasteiger partial charge in [-0.25, -0.2) is 0 Å². The smallest absolute Gasteiger partial charge is 0.306 e. The van der Waals surface area contributed by atoms with Crippen LogP contribution in [0.1, 0.15) is 45.4 Å². The molecule has 0 aromatic carbocycles. The molecule has 0 spiro atoms. The Morgan fingerprint density at radius 3 is 3.00 bits per heavy atom. The molecule has 1 aliphatic rings. The van der Waals surface area contributed by atoms with Crippen LogP contribution in [0.2, 0.25) is 0 Å². The van der Waals surface area contributed by atoms with Crippen LogP contribution < -0.4 is 0 Å². The maximum atomic E-state index is 10.7. The lowest BCUT2D eigenvalue weighted by Crippen LogP contribution is -2.17. The van der Waals surface area contributed by atoms with Gasteiger partial charge >= 0.3 is 5.97 Å². The van der Waals surface area contributed by atoms with E-state index in [0.717, 1.165) is 25.7 Å². The van der Waals surface area contributed by atoms with Gasteiger partial charge in [0.2, 0.25) is 0 Å². The maximum absolute atomic E-state index is 10.7. The Balaban J connectivity index is 2.13. The van der Waals surface area contributed by atoms with Crippen molar-refractivity contribution in [2.24, 2.45) is 0 Å². The van der Waals surface area contributed by atoms with E-state index in [1.54, 1.807) is 0 Å². The molecule has 0 bridgehead atoms. The molecular weight excluding hydrogens is 168 g/mol. The third-order valence-electron chi connectivity index (χ3n) is 2.39. The van der Waals surface area contributed by atoms with E-state index in [2.05, 4.69) is 6.92 Å². The van der Waals surface area contributed by atoms with Gasteiger partial charge in [-0.15, -0.1) is 0 Å². The first-order chi connectivity index (χ1) is 6.22. The maximum Gasteiger partial charge on any atom is 0.306 e. The third-order valence-corrected chi connectivity index (χ3v) is 2.39. The molecule has 0 aromatic heterocycles. The van der Waals surface area contributed by atoms with Crippen molar-refractivity contribution in [1.29, 1.82) is 0 Å². The van der Waals surface area contributed by atoms with Gasteiger partial charge in [-0.3, -0.25) is 4.79 Å². The second-order valence-corrected chi connectivity index (χ2v) is 3.68. The topological polar surface area (TPSA) is 46.5 Å². The summed E-state index contributed by atoms with van der Waals surface area (Å²) in [6.07, 6.45) is 4.56. The quantitative estimate of drug-likeness (QED) is 0.664. The largest absolute Gasteiger partial charge is 0.462 e. The van der Waals surface area contributed by atoms with Crippen LogP contribution in [0.15, 0.2) is 0 Å². The number of hydrogen-bond donors (Lipinski definition) is 1. The van der Waals surface area contributed by atoms with Gasteiger partial charge in [0.25, 0.3) is 0 Å². The molecule has 0 aliphatic carbocycles. The van der Waals surface area contributed by atoms with E-state index >= 15 is 0 Å². The summed E-state index contributed by atoms with van der Waals surface area (Å²) in [4.78, 5) is 10.7. The molecule has 0 saturated carbocycles. The van der Waals surface area contributed by atoms with Crippen molar-refractivity contribution >= 4 is 5.97 Å². The van der Waals surface area contributed by atoms with Gasteiger partial charge in [0.05, 0.1) is 6.10 Å². The standard InChI is InChI=1S/C10H18O3/c1-2-3-4-8(11)7-9-5-6-10(12)13-9/h8-9,11H,2-7H2,1H3. The molecule has 1 N–H and O–H groups in total. The fourth-order valence-corrected chi connectivity index (χ4v) is 1.61. The SMILES string of the molecule is CCCCC(O)CC1CCC(=O)O1. The minimum absolute atomic E-state index is 0.0284. The Bertz CT molecular complexity index is 168. The van der Waals surface area contributed by atoms with Crippen molar-refractivity contribution in [3.63, 3.8) is 0 Å². The molecule has 2 unspecified atom stereocenters. The predicted molar refractivity (Wildman–Crippen MR) is 49.3 cm³/mol. The van der Waals surface area contributed by atoms with Crippen molar-refractivity contribution in [3.05, 3.63) is 0 Å². The average molecular weight is 186 g/mol. The normalized spacial score (nSPS) is 24.5. The first kappa shape index (κ1) is 10.5. The van der Waals surface area contributed by atoms with Gasteiger partial charge in [-0.1, -0.05) is 19.8 Å². The number of rotatable bonds is 5. The van der Waals surface area contributed by atoms with E-state index in [1.165, 1.54) is 0 Å². The lowest BCUT2D eigenvalue weighted by molar-refractivity contribution is -0.142. The minimum atomic E-state index is -0.296. The highest BCUT2D eigenvalue weighted by Crippen LogP contribution is 2.19.